The molecular formula is C13H17N3O5. The number of hydrogen-bond acceptors (Lipinski definition) is 6. The van der Waals surface area contributed by atoms with Gasteiger partial charge in [0.05, 0.1) is 42.9 Å². The summed E-state index contributed by atoms with van der Waals surface area (Å²) in [4.78, 5) is 22.5. The predicted octanol–water partition coefficient (Wildman–Crippen LogP) is 0.776. The standard InChI is InChI=1S/C13H17N3O5/c1-14-11-7-21-6-9(11)13(17)15-10-4-3-8(16(18)19)5-12(10)20-2/h3-5,9,11,14H,6-7H2,1-2H3,(H,15,17). The van der Waals surface area contributed by atoms with E-state index in [1.54, 1.807) is 7.05 Å². The average molecular weight is 295 g/mol. The van der Waals surface area contributed by atoms with Crippen molar-refractivity contribution in [3.63, 3.8) is 0 Å². The number of rotatable bonds is 5. The van der Waals surface area contributed by atoms with Gasteiger partial charge in [-0.05, 0) is 13.1 Å². The van der Waals surface area contributed by atoms with E-state index in [9.17, 15) is 14.9 Å². The van der Waals surface area contributed by atoms with Gasteiger partial charge in [0, 0.05) is 12.1 Å². The lowest BCUT2D eigenvalue weighted by Crippen LogP contribution is -2.39. The second-order valence-electron chi connectivity index (χ2n) is 4.67. The SMILES string of the molecule is CNC1COCC1C(=O)Nc1ccc([N+](=O)[O-])cc1OC. The highest BCUT2D eigenvalue weighted by atomic mass is 16.6. The zero-order valence-corrected chi connectivity index (χ0v) is 11.8. The summed E-state index contributed by atoms with van der Waals surface area (Å²) < 4.78 is 10.4. The van der Waals surface area contributed by atoms with Gasteiger partial charge in [-0.15, -0.1) is 0 Å². The maximum atomic E-state index is 12.3. The van der Waals surface area contributed by atoms with E-state index in [2.05, 4.69) is 10.6 Å². The molecule has 1 fully saturated rings. The van der Waals surface area contributed by atoms with Crippen LogP contribution in [0.15, 0.2) is 18.2 Å². The first-order valence-corrected chi connectivity index (χ1v) is 6.45. The zero-order valence-electron chi connectivity index (χ0n) is 11.8. The van der Waals surface area contributed by atoms with E-state index >= 15 is 0 Å². The fourth-order valence-corrected chi connectivity index (χ4v) is 2.22. The summed E-state index contributed by atoms with van der Waals surface area (Å²) in [5.41, 5.74) is 0.303. The first-order chi connectivity index (χ1) is 10.1. The largest absolute Gasteiger partial charge is 0.494 e. The van der Waals surface area contributed by atoms with Crippen LogP contribution in [0, 0.1) is 16.0 Å². The van der Waals surface area contributed by atoms with Crippen molar-refractivity contribution in [1.82, 2.24) is 5.32 Å². The first kappa shape index (κ1) is 15.2. The van der Waals surface area contributed by atoms with E-state index in [1.807, 2.05) is 0 Å². The number of nitro benzene ring substituents is 1. The van der Waals surface area contributed by atoms with Crippen LogP contribution in [0.2, 0.25) is 0 Å². The maximum Gasteiger partial charge on any atom is 0.273 e. The lowest BCUT2D eigenvalue weighted by molar-refractivity contribution is -0.384. The number of methoxy groups -OCH3 is 1. The van der Waals surface area contributed by atoms with Crippen LogP contribution in [0.5, 0.6) is 5.75 Å². The van der Waals surface area contributed by atoms with Crippen LogP contribution < -0.4 is 15.4 Å². The molecule has 0 spiro atoms. The number of benzene rings is 1. The molecule has 8 heteroatoms. The van der Waals surface area contributed by atoms with Crippen LogP contribution in [0.4, 0.5) is 11.4 Å². The molecule has 2 atom stereocenters. The average Bonchev–Trinajstić information content (AvgIpc) is 2.95. The fraction of sp³-hybridized carbons (Fsp3) is 0.462. The number of ether oxygens (including phenoxy) is 2. The minimum atomic E-state index is -0.518. The number of hydrogen-bond donors (Lipinski definition) is 2. The van der Waals surface area contributed by atoms with Gasteiger partial charge in [-0.2, -0.15) is 0 Å². The van der Waals surface area contributed by atoms with Crippen molar-refractivity contribution in [3.8, 4) is 5.75 Å². The van der Waals surface area contributed by atoms with Gasteiger partial charge in [-0.3, -0.25) is 14.9 Å². The van der Waals surface area contributed by atoms with Crippen molar-refractivity contribution in [2.75, 3.05) is 32.7 Å². The third-order valence-corrected chi connectivity index (χ3v) is 3.44. The number of carbonyl (C=O) groups is 1. The molecule has 114 valence electrons. The third-order valence-electron chi connectivity index (χ3n) is 3.44. The zero-order chi connectivity index (χ0) is 15.4. The van der Waals surface area contributed by atoms with Crippen LogP contribution in [0.1, 0.15) is 0 Å². The summed E-state index contributed by atoms with van der Waals surface area (Å²) in [5.74, 6) is -0.272. The minimum absolute atomic E-state index is 0.0472. The molecule has 1 aromatic carbocycles. The molecule has 0 aromatic heterocycles. The van der Waals surface area contributed by atoms with E-state index in [-0.39, 0.29) is 29.3 Å². The number of amides is 1. The predicted molar refractivity (Wildman–Crippen MR) is 75.4 cm³/mol. The second kappa shape index (κ2) is 6.51. The number of nitrogens with zero attached hydrogens (tertiary/aromatic N) is 1. The Morgan fingerprint density at radius 2 is 2.24 bits per heavy atom. The lowest BCUT2D eigenvalue weighted by Gasteiger charge is -2.17. The minimum Gasteiger partial charge on any atom is -0.494 e. The molecule has 0 radical (unpaired) electrons. The Balaban J connectivity index is 2.15. The van der Waals surface area contributed by atoms with Crippen LogP contribution >= 0.6 is 0 Å². The molecule has 1 saturated heterocycles. The molecule has 1 aliphatic rings. The van der Waals surface area contributed by atoms with Crippen molar-refractivity contribution in [2.45, 2.75) is 6.04 Å². The summed E-state index contributed by atoms with van der Waals surface area (Å²) in [6.07, 6.45) is 0. The molecule has 0 aliphatic carbocycles. The Morgan fingerprint density at radius 1 is 1.48 bits per heavy atom. The number of non-ortho nitro benzene ring substituents is 1. The molecule has 2 N–H and O–H groups in total. The van der Waals surface area contributed by atoms with Crippen molar-refractivity contribution in [2.24, 2.45) is 5.92 Å². The Hall–Kier alpha value is -2.19. The molecule has 8 nitrogen and oxygen atoms in total. The Labute approximate surface area is 121 Å². The van der Waals surface area contributed by atoms with E-state index < -0.39 is 4.92 Å². The molecule has 2 unspecified atom stereocenters. The van der Waals surface area contributed by atoms with E-state index in [0.29, 0.717) is 18.9 Å². The maximum absolute atomic E-state index is 12.3. The molecular weight excluding hydrogens is 278 g/mol. The molecule has 2 rings (SSSR count). The van der Waals surface area contributed by atoms with E-state index in [1.165, 1.54) is 25.3 Å². The van der Waals surface area contributed by atoms with Gasteiger partial charge in [-0.25, -0.2) is 0 Å². The molecule has 1 aliphatic heterocycles. The van der Waals surface area contributed by atoms with Gasteiger partial charge in [0.2, 0.25) is 5.91 Å². The highest BCUT2D eigenvalue weighted by Crippen LogP contribution is 2.29. The Morgan fingerprint density at radius 3 is 2.86 bits per heavy atom. The highest BCUT2D eigenvalue weighted by Gasteiger charge is 2.33. The van der Waals surface area contributed by atoms with Crippen molar-refractivity contribution >= 4 is 17.3 Å². The topological polar surface area (TPSA) is 103 Å². The van der Waals surface area contributed by atoms with Gasteiger partial charge >= 0.3 is 0 Å². The van der Waals surface area contributed by atoms with Crippen LogP contribution in [0.3, 0.4) is 0 Å². The van der Waals surface area contributed by atoms with Crippen molar-refractivity contribution in [1.29, 1.82) is 0 Å². The number of nitrogens with one attached hydrogen (secondary N) is 2. The summed E-state index contributed by atoms with van der Waals surface area (Å²) in [6, 6.07) is 4.00. The Kier molecular flexibility index (Phi) is 4.71. The number of carbonyl (C=O) groups excluding carboxylic acids is 1. The van der Waals surface area contributed by atoms with Crippen LogP contribution in [0.25, 0.3) is 0 Å². The summed E-state index contributed by atoms with van der Waals surface area (Å²) in [6.45, 7) is 0.818. The molecule has 1 amide bonds. The van der Waals surface area contributed by atoms with Gasteiger partial charge in [0.25, 0.3) is 5.69 Å². The second-order valence-corrected chi connectivity index (χ2v) is 4.67. The molecule has 21 heavy (non-hydrogen) atoms. The van der Waals surface area contributed by atoms with Crippen molar-refractivity contribution < 1.29 is 19.2 Å². The fourth-order valence-electron chi connectivity index (χ4n) is 2.22. The van der Waals surface area contributed by atoms with Gasteiger partial charge in [-0.1, -0.05) is 0 Å². The van der Waals surface area contributed by atoms with E-state index in [4.69, 9.17) is 9.47 Å². The van der Waals surface area contributed by atoms with Crippen molar-refractivity contribution in [3.05, 3.63) is 28.3 Å². The number of anilines is 1. The third kappa shape index (κ3) is 3.29. The summed E-state index contributed by atoms with van der Waals surface area (Å²) in [5, 5.41) is 16.5. The van der Waals surface area contributed by atoms with E-state index in [0.717, 1.165) is 0 Å². The monoisotopic (exact) mass is 295 g/mol. The lowest BCUT2D eigenvalue weighted by atomic mass is 10.0. The van der Waals surface area contributed by atoms with Crippen LogP contribution in [-0.2, 0) is 9.53 Å². The molecule has 0 bridgehead atoms. The normalized spacial score (nSPS) is 21.0. The smallest absolute Gasteiger partial charge is 0.273 e. The molecule has 1 aromatic rings. The number of nitro groups is 1. The molecule has 1 heterocycles. The quantitative estimate of drug-likeness (QED) is 0.614. The van der Waals surface area contributed by atoms with Gasteiger partial charge < -0.3 is 20.1 Å². The Bertz CT molecular complexity index is 549. The first-order valence-electron chi connectivity index (χ1n) is 6.45. The van der Waals surface area contributed by atoms with Crippen LogP contribution in [-0.4, -0.2) is 44.2 Å². The molecule has 0 saturated carbocycles. The van der Waals surface area contributed by atoms with Gasteiger partial charge in [0.1, 0.15) is 5.75 Å². The summed E-state index contributed by atoms with van der Waals surface area (Å²) >= 11 is 0. The van der Waals surface area contributed by atoms with Gasteiger partial charge in [0.15, 0.2) is 0 Å². The highest BCUT2D eigenvalue weighted by molar-refractivity contribution is 5.94. The number of likely N-dealkylation sites (N-methyl/N-ethyl adjacent to an activating group) is 1. The summed E-state index contributed by atoms with van der Waals surface area (Å²) in [7, 11) is 3.16.